The molecule has 13 rings (SSSR count). The maximum absolute atomic E-state index is 16.2. The van der Waals surface area contributed by atoms with Gasteiger partial charge in [0.05, 0.1) is 40.8 Å². The zero-order valence-corrected chi connectivity index (χ0v) is 62.5. The fraction of sp³-hybridized carbons (Fsp3) is 0.452. The van der Waals surface area contributed by atoms with Crippen molar-refractivity contribution >= 4 is 88.2 Å². The molecule has 38 nitrogen and oxygen atoms in total. The van der Waals surface area contributed by atoms with Gasteiger partial charge < -0.3 is 129 Å². The van der Waals surface area contributed by atoms with Crippen LogP contribution in [0.25, 0.3) is 11.1 Å². The quantitative estimate of drug-likeness (QED) is 0.0376. The summed E-state index contributed by atoms with van der Waals surface area (Å²) >= 11 is 15.1. The molecule has 9 unspecified atom stereocenters. The summed E-state index contributed by atoms with van der Waals surface area (Å²) < 4.78 is 40.4. The smallest absolute Gasteiger partial charge is 0.330 e. The predicted octanol–water partition coefficient (Wildman–Crippen LogP) is 2.68. The van der Waals surface area contributed by atoms with E-state index in [0.717, 1.165) is 83.2 Å². The molecule has 0 spiro atoms. The van der Waals surface area contributed by atoms with Crippen molar-refractivity contribution < 1.29 is 131 Å². The molecule has 8 heterocycles. The van der Waals surface area contributed by atoms with Crippen LogP contribution in [0.1, 0.15) is 142 Å². The Bertz CT molecular complexity index is 4550. The number of phenols is 3. The number of anilines is 1. The van der Waals surface area contributed by atoms with E-state index in [0.29, 0.717) is 0 Å². The SMILES string of the molecule is C.C.C.C.C.CN[C@@H](CC(C)C)C(=O)N[C@H]1C(=O)N[C@@H](CC(N)=O)C(=O)N[C@H]2C(=O)N[C@H]3C(=O)N[C@H](C(=O)N[C@@H](C(=O)O)c4cc(O)cc(O)c4-c4cc3ccc4O)[C@H](O)c3ccc(c(Cl)c3)Oc3cc2cc(c3OC2OC(CSc3nnc(NN)n3N)C(O)C(O)C2OC2CC(C)(N)C(O)C(C)O2)Oc2ccc(cc2Cl)[C@H]1O.[V]. The Morgan fingerprint density at radius 2 is 1.32 bits per heavy atom. The van der Waals surface area contributed by atoms with Crippen molar-refractivity contribution in [3.05, 3.63) is 117 Å². The number of aliphatic hydroxyl groups is 5. The van der Waals surface area contributed by atoms with Gasteiger partial charge in [0.2, 0.25) is 58.5 Å². The van der Waals surface area contributed by atoms with Crippen LogP contribution in [0, 0.1) is 5.92 Å². The van der Waals surface area contributed by atoms with Crippen molar-refractivity contribution in [1.82, 2.24) is 52.1 Å². The maximum atomic E-state index is 16.2. The number of nitrogen functional groups attached to an aromatic ring is 2. The number of aliphatic carboxylic acids is 1. The van der Waals surface area contributed by atoms with Crippen molar-refractivity contribution in [2.45, 2.75) is 198 Å². The van der Waals surface area contributed by atoms with E-state index in [1.807, 2.05) is 13.8 Å². The van der Waals surface area contributed by atoms with Crippen LogP contribution in [-0.4, -0.2) is 200 Å². The van der Waals surface area contributed by atoms with Gasteiger partial charge in [-0.25, -0.2) is 15.3 Å². The Morgan fingerprint density at radius 3 is 1.89 bits per heavy atom. The molecule has 1 aromatic heterocycles. The van der Waals surface area contributed by atoms with Crippen LogP contribution >= 0.6 is 35.0 Å². The van der Waals surface area contributed by atoms with Gasteiger partial charge in [-0.05, 0) is 110 Å². The molecule has 0 aliphatic carbocycles. The Balaban J connectivity index is 0.00000393. The second-order valence-corrected chi connectivity index (χ2v) is 29.0. The van der Waals surface area contributed by atoms with Crippen molar-refractivity contribution in [2.75, 3.05) is 24.1 Å². The minimum Gasteiger partial charge on any atom is -0.508 e. The second-order valence-electron chi connectivity index (χ2n) is 27.2. The van der Waals surface area contributed by atoms with Gasteiger partial charge in [0.15, 0.2) is 29.9 Å². The number of thioether (sulfide) groups is 1. The van der Waals surface area contributed by atoms with Crippen molar-refractivity contribution in [2.24, 2.45) is 23.2 Å². The first-order valence-electron chi connectivity index (χ1n) is 33.7. The molecular weight excluding hydrogens is 1610 g/mol. The molecule has 7 aliphatic rings. The van der Waals surface area contributed by atoms with Crippen LogP contribution in [0.5, 0.6) is 46.0 Å². The normalized spacial score (nSPS) is 26.7. The number of primary amides is 1. The molecule has 18 atom stereocenters. The number of nitrogens with zero attached hydrogens (tertiary/aromatic N) is 3. The number of carbonyl (C=O) groups is 8. The van der Waals surface area contributed by atoms with Crippen LogP contribution in [0.3, 0.4) is 0 Å². The number of hydrazine groups is 1. The van der Waals surface area contributed by atoms with Crippen LogP contribution in [0.2, 0.25) is 10.0 Å². The van der Waals surface area contributed by atoms with Gasteiger partial charge in [0, 0.05) is 59.0 Å². The fourth-order valence-electron chi connectivity index (χ4n) is 13.1. The molecule has 42 heteroatoms. The monoisotopic (exact) mass is 1710 g/mol. The summed E-state index contributed by atoms with van der Waals surface area (Å²) in [4.78, 5) is 118. The number of carbonyl (C=O) groups excluding carboxylic acids is 7. The van der Waals surface area contributed by atoms with E-state index in [1.54, 1.807) is 0 Å². The molecule has 629 valence electrons. The fourth-order valence-corrected chi connectivity index (χ4v) is 14.5. The molecule has 2 fully saturated rings. The number of likely N-dealkylation sites (N-methyl/N-ethyl adjacent to an activating group) is 1. The topological polar surface area (TPSA) is 605 Å². The molecule has 0 saturated carbocycles. The van der Waals surface area contributed by atoms with Gasteiger partial charge in [-0.1, -0.05) is 104 Å². The number of hydrogen-bond acceptors (Lipinski definition) is 30. The molecule has 115 heavy (non-hydrogen) atoms. The summed E-state index contributed by atoms with van der Waals surface area (Å²) in [5.74, 6) is -4.72. The summed E-state index contributed by atoms with van der Waals surface area (Å²) in [6.07, 6.45) is -18.5. The van der Waals surface area contributed by atoms with Crippen LogP contribution in [0.15, 0.2) is 84.0 Å². The van der Waals surface area contributed by atoms with Gasteiger partial charge in [0.25, 0.3) is 5.95 Å². The number of aromatic hydroxyl groups is 3. The number of phenolic OH excluding ortho intramolecular Hbond substituents is 3. The molecule has 7 amide bonds. The summed E-state index contributed by atoms with van der Waals surface area (Å²) in [7, 11) is 1.47. The Kier molecular flexibility index (Phi) is 32.9. The molecule has 11 bridgehead atoms. The predicted molar refractivity (Wildman–Crippen MR) is 415 cm³/mol. The minimum absolute atomic E-state index is 0. The molecule has 1 radical (unpaired) electrons. The standard InChI is InChI=1S/C68H79Cl2N15O23S.5CH4.V/c1-23(2)12-34(75-5)58(95)80-49-51(90)26-7-10-38(32(69)14-26)104-40-16-28-17-41(55(40)108-65-56(107-44-21-68(4,72)57(94)24(3)103-44)54(93)53(92)42(106-65)22-109-67-84-83-66(82-73)85(67)74)105-39-11-8-27(15-33(39)70)52(91)50-63(100)79-48(64(101)102)31-18-29(86)19-37(88)45(31)30-13-25(6-9-36(30)87)46(60(97)81-50)78-61(98)47(28)77-59(96)35(20-43(71)89)76-62(49)99;;;;;;/h6-11,13-19,23-24,34-35,42,44,46-54,56-57,65,75,86-88,90-94H,12,20-22,72-74H2,1-5H3,(H2,71,89)(H,76,99)(H,77,96)(H,78,98)(H,79,100)(H,80,95)(H,81,97)(H,82,83)(H,101,102);5*1H4;/t24?,34-,35-,42?,44?,46+,47+,48+,49+,50-,51+,52+,53?,54?,56?,57?,65?,68?;;;;;;/m0....../s1. The third kappa shape index (κ3) is 20.7. The van der Waals surface area contributed by atoms with Crippen molar-refractivity contribution in [3.63, 3.8) is 0 Å². The number of benzene rings is 5. The molecule has 5 aromatic carbocycles. The molecule has 2 saturated heterocycles. The zero-order valence-electron chi connectivity index (χ0n) is 58.7. The van der Waals surface area contributed by atoms with E-state index in [2.05, 4.69) is 52.8 Å². The average molecular weight is 1710 g/mol. The zero-order chi connectivity index (χ0) is 79.1. The van der Waals surface area contributed by atoms with Gasteiger partial charge >= 0.3 is 5.97 Å². The molecule has 25 N–H and O–H groups in total. The average Bonchev–Trinajstić information content (AvgIpc) is 1.06. The minimum atomic E-state index is -2.37. The number of ether oxygens (including phenoxy) is 6. The number of amides is 7. The summed E-state index contributed by atoms with van der Waals surface area (Å²) in [6, 6.07) is -0.719. The van der Waals surface area contributed by atoms with Gasteiger partial charge in [-0.15, -0.1) is 10.2 Å². The summed E-state index contributed by atoms with van der Waals surface area (Å²) in [6.45, 7) is 6.64. The van der Waals surface area contributed by atoms with E-state index in [4.69, 9.17) is 74.8 Å². The van der Waals surface area contributed by atoms with E-state index in [-0.39, 0.29) is 119 Å². The number of rotatable bonds is 16. The maximum Gasteiger partial charge on any atom is 0.330 e. The van der Waals surface area contributed by atoms with E-state index >= 15 is 14.4 Å². The second kappa shape index (κ2) is 39.4. The number of nitrogens with one attached hydrogen (secondary N) is 8. The molecular formula is C73H99Cl2N15O23SV. The first-order valence-corrected chi connectivity index (χ1v) is 35.4. The van der Waals surface area contributed by atoms with Gasteiger partial charge in [-0.3, -0.25) is 39.0 Å². The third-order valence-electron chi connectivity index (χ3n) is 18.8. The number of aliphatic hydroxyl groups excluding tert-OH is 5. The van der Waals surface area contributed by atoms with Crippen LogP contribution < -0.4 is 80.0 Å². The van der Waals surface area contributed by atoms with Gasteiger partial charge in [-0.2, -0.15) is 0 Å². The number of carboxylic acids is 1. The summed E-state index contributed by atoms with van der Waals surface area (Å²) in [5.41, 5.74) is 10.3. The number of halogens is 2. The molecule has 7 aliphatic heterocycles. The first-order chi connectivity index (χ1) is 51.5. The largest absolute Gasteiger partial charge is 0.508 e. The van der Waals surface area contributed by atoms with E-state index in [9.17, 15) is 69.9 Å². The third-order valence-corrected chi connectivity index (χ3v) is 20.4. The van der Waals surface area contributed by atoms with E-state index < -0.39 is 231 Å². The number of fused-ring (bicyclic) bond motifs is 15. The Hall–Kier alpha value is -9.53. The number of carboxylic acid groups (broad SMARTS) is 1. The Morgan fingerprint density at radius 1 is 0.730 bits per heavy atom. The first kappa shape index (κ1) is 96.1. The van der Waals surface area contributed by atoms with Crippen LogP contribution in [-0.2, 0) is 71.1 Å². The number of aromatic nitrogens is 3. The van der Waals surface area contributed by atoms with E-state index in [1.165, 1.54) is 33.0 Å². The van der Waals surface area contributed by atoms with Gasteiger partial charge in [0.1, 0.15) is 83.4 Å². The Labute approximate surface area is 687 Å². The van der Waals surface area contributed by atoms with Crippen molar-refractivity contribution in [1.29, 1.82) is 0 Å². The summed E-state index contributed by atoms with van der Waals surface area (Å²) in [5, 5.41) is 130. The number of hydrogen-bond donors (Lipinski definition) is 21. The molecule has 6 aromatic rings. The number of nitrogens with two attached hydrogens (primary N) is 4. The van der Waals surface area contributed by atoms with Crippen molar-refractivity contribution in [3.8, 4) is 57.1 Å². The van der Waals surface area contributed by atoms with Crippen LogP contribution in [0.4, 0.5) is 5.95 Å².